The number of amides is 1. The van der Waals surface area contributed by atoms with Gasteiger partial charge in [-0.25, -0.2) is 4.79 Å². The molecule has 2 aromatic rings. The molecular formula is C25H35N3O4. The Bertz CT molecular complexity index is 830. The van der Waals surface area contributed by atoms with E-state index in [0.29, 0.717) is 19.3 Å². The molecule has 0 fully saturated rings. The maximum absolute atomic E-state index is 13.0. The van der Waals surface area contributed by atoms with Crippen molar-refractivity contribution in [2.75, 3.05) is 6.54 Å². The van der Waals surface area contributed by atoms with E-state index in [-0.39, 0.29) is 12.5 Å². The lowest BCUT2D eigenvalue weighted by molar-refractivity contribution is -0.142. The highest BCUT2D eigenvalue weighted by Crippen LogP contribution is 2.09. The van der Waals surface area contributed by atoms with Crippen molar-refractivity contribution in [3.63, 3.8) is 0 Å². The molecule has 32 heavy (non-hydrogen) atoms. The van der Waals surface area contributed by atoms with Crippen molar-refractivity contribution in [1.82, 2.24) is 10.6 Å². The lowest BCUT2D eigenvalue weighted by atomic mass is 10.00. The Morgan fingerprint density at radius 2 is 1.44 bits per heavy atom. The molecular weight excluding hydrogens is 406 g/mol. The van der Waals surface area contributed by atoms with Gasteiger partial charge in [0.2, 0.25) is 5.91 Å². The van der Waals surface area contributed by atoms with Crippen molar-refractivity contribution >= 4 is 11.9 Å². The number of rotatable bonds is 13. The highest BCUT2D eigenvalue weighted by molar-refractivity contribution is 5.87. The number of carboxylic acid groups (broad SMARTS) is 1. The fourth-order valence-corrected chi connectivity index (χ4v) is 3.51. The third kappa shape index (κ3) is 8.78. The molecule has 174 valence electrons. The monoisotopic (exact) mass is 441 g/mol. The molecule has 0 aromatic heterocycles. The minimum Gasteiger partial charge on any atom is -0.480 e. The number of hydrogen-bond donors (Lipinski definition) is 5. The molecule has 0 bridgehead atoms. The van der Waals surface area contributed by atoms with Gasteiger partial charge in [0.05, 0.1) is 12.1 Å². The van der Waals surface area contributed by atoms with E-state index in [1.165, 1.54) is 0 Å². The molecule has 0 saturated heterocycles. The number of aliphatic hydroxyl groups excluding tert-OH is 1. The molecule has 6 N–H and O–H groups in total. The summed E-state index contributed by atoms with van der Waals surface area (Å²) in [6.45, 7) is 3.93. The second-order valence-electron chi connectivity index (χ2n) is 8.60. The van der Waals surface area contributed by atoms with Gasteiger partial charge in [0, 0.05) is 12.6 Å². The average Bonchev–Trinajstić information content (AvgIpc) is 2.76. The summed E-state index contributed by atoms with van der Waals surface area (Å²) in [7, 11) is 0. The van der Waals surface area contributed by atoms with Crippen LogP contribution in [0.1, 0.15) is 31.4 Å². The first-order valence-corrected chi connectivity index (χ1v) is 11.0. The minimum absolute atomic E-state index is 0.112. The summed E-state index contributed by atoms with van der Waals surface area (Å²) in [6, 6.07) is 17.0. The van der Waals surface area contributed by atoms with E-state index in [1.54, 1.807) is 0 Å². The number of carbonyl (C=O) groups is 2. The van der Waals surface area contributed by atoms with Crippen LogP contribution in [0.4, 0.5) is 0 Å². The van der Waals surface area contributed by atoms with Gasteiger partial charge in [0.1, 0.15) is 6.04 Å². The molecule has 1 unspecified atom stereocenters. The highest BCUT2D eigenvalue weighted by atomic mass is 16.4. The van der Waals surface area contributed by atoms with E-state index in [1.807, 2.05) is 74.5 Å². The first-order chi connectivity index (χ1) is 15.3. The van der Waals surface area contributed by atoms with Crippen LogP contribution in [0.2, 0.25) is 0 Å². The van der Waals surface area contributed by atoms with Gasteiger partial charge >= 0.3 is 5.97 Å². The van der Waals surface area contributed by atoms with Crippen molar-refractivity contribution in [1.29, 1.82) is 0 Å². The number of hydrogen-bond acceptors (Lipinski definition) is 5. The molecule has 4 atom stereocenters. The van der Waals surface area contributed by atoms with Gasteiger partial charge < -0.3 is 26.6 Å². The SMILES string of the molecule is CC(C)C[C@@H](NC(=O)[C@H](Cc1ccccc1)NCC(O)[C@@H](N)Cc1ccccc1)C(=O)O. The van der Waals surface area contributed by atoms with E-state index < -0.39 is 36.1 Å². The van der Waals surface area contributed by atoms with E-state index >= 15 is 0 Å². The lowest BCUT2D eigenvalue weighted by Gasteiger charge is -2.25. The number of carboxylic acids is 1. The van der Waals surface area contributed by atoms with E-state index in [9.17, 15) is 19.8 Å². The van der Waals surface area contributed by atoms with Gasteiger partial charge in [-0.05, 0) is 36.3 Å². The van der Waals surface area contributed by atoms with Crippen molar-refractivity contribution in [3.05, 3.63) is 71.8 Å². The third-order valence-corrected chi connectivity index (χ3v) is 5.30. The quantitative estimate of drug-likeness (QED) is 0.322. The number of carbonyl (C=O) groups excluding carboxylic acids is 1. The predicted molar refractivity (Wildman–Crippen MR) is 125 cm³/mol. The first-order valence-electron chi connectivity index (χ1n) is 11.0. The van der Waals surface area contributed by atoms with Crippen LogP contribution in [-0.2, 0) is 22.4 Å². The summed E-state index contributed by atoms with van der Waals surface area (Å²) in [5, 5.41) is 25.8. The molecule has 0 radical (unpaired) electrons. The number of nitrogens with one attached hydrogen (secondary N) is 2. The lowest BCUT2D eigenvalue weighted by Crippen LogP contribution is -2.54. The fourth-order valence-electron chi connectivity index (χ4n) is 3.51. The number of nitrogens with two attached hydrogens (primary N) is 1. The molecule has 0 aliphatic rings. The molecule has 0 aliphatic carbocycles. The third-order valence-electron chi connectivity index (χ3n) is 5.30. The number of aliphatic hydroxyl groups is 1. The Hall–Kier alpha value is -2.74. The van der Waals surface area contributed by atoms with Crippen LogP contribution in [-0.4, -0.2) is 52.9 Å². The molecule has 0 heterocycles. The normalized spacial score (nSPS) is 15.0. The first kappa shape index (κ1) is 25.5. The Labute approximate surface area is 190 Å². The summed E-state index contributed by atoms with van der Waals surface area (Å²) < 4.78 is 0. The second-order valence-corrected chi connectivity index (χ2v) is 8.60. The van der Waals surface area contributed by atoms with Gasteiger partial charge in [-0.1, -0.05) is 74.5 Å². The predicted octanol–water partition coefficient (Wildman–Crippen LogP) is 1.73. The van der Waals surface area contributed by atoms with E-state index in [4.69, 9.17) is 5.73 Å². The van der Waals surface area contributed by atoms with Crippen LogP contribution in [0.3, 0.4) is 0 Å². The maximum atomic E-state index is 13.0. The Kier molecular flexibility index (Phi) is 10.3. The van der Waals surface area contributed by atoms with Crippen LogP contribution in [0.15, 0.2) is 60.7 Å². The van der Waals surface area contributed by atoms with Crippen molar-refractivity contribution in [2.24, 2.45) is 11.7 Å². The van der Waals surface area contributed by atoms with Crippen LogP contribution in [0.25, 0.3) is 0 Å². The summed E-state index contributed by atoms with van der Waals surface area (Å²) in [5.41, 5.74) is 8.12. The van der Waals surface area contributed by atoms with Gasteiger partial charge in [0.15, 0.2) is 0 Å². The number of benzene rings is 2. The van der Waals surface area contributed by atoms with E-state index in [0.717, 1.165) is 11.1 Å². The van der Waals surface area contributed by atoms with Gasteiger partial charge in [-0.3, -0.25) is 4.79 Å². The average molecular weight is 442 g/mol. The Morgan fingerprint density at radius 3 is 1.94 bits per heavy atom. The zero-order valence-electron chi connectivity index (χ0n) is 18.8. The molecule has 2 aromatic carbocycles. The molecule has 0 aliphatic heterocycles. The standard InChI is InChI=1S/C25H35N3O4/c1-17(2)13-22(25(31)32)28-24(30)21(15-19-11-7-4-8-12-19)27-16-23(29)20(26)14-18-9-5-3-6-10-18/h3-12,17,20-23,27,29H,13-16,26H2,1-2H3,(H,28,30)(H,31,32)/t20-,21-,22+,23?/m0/s1. The molecule has 7 nitrogen and oxygen atoms in total. The van der Waals surface area contributed by atoms with E-state index in [2.05, 4.69) is 10.6 Å². The molecule has 2 rings (SSSR count). The maximum Gasteiger partial charge on any atom is 0.326 e. The molecule has 7 heteroatoms. The van der Waals surface area contributed by atoms with Crippen LogP contribution < -0.4 is 16.4 Å². The van der Waals surface area contributed by atoms with Crippen molar-refractivity contribution in [2.45, 2.75) is 57.3 Å². The van der Waals surface area contributed by atoms with Crippen LogP contribution in [0.5, 0.6) is 0 Å². The molecule has 1 amide bonds. The summed E-state index contributed by atoms with van der Waals surface area (Å²) in [4.78, 5) is 24.6. The molecule has 0 spiro atoms. The second kappa shape index (κ2) is 13.0. The highest BCUT2D eigenvalue weighted by Gasteiger charge is 2.27. The zero-order valence-corrected chi connectivity index (χ0v) is 18.8. The number of aliphatic carboxylic acids is 1. The van der Waals surface area contributed by atoms with Crippen molar-refractivity contribution in [3.8, 4) is 0 Å². The summed E-state index contributed by atoms with van der Waals surface area (Å²) in [6.07, 6.45) is 0.340. The fraction of sp³-hybridized carbons (Fsp3) is 0.440. The zero-order chi connectivity index (χ0) is 23.5. The van der Waals surface area contributed by atoms with Crippen LogP contribution in [0, 0.1) is 5.92 Å². The van der Waals surface area contributed by atoms with Gasteiger partial charge in [0.25, 0.3) is 0 Å². The topological polar surface area (TPSA) is 125 Å². The molecule has 0 saturated carbocycles. The Morgan fingerprint density at radius 1 is 0.906 bits per heavy atom. The Balaban J connectivity index is 2.03. The van der Waals surface area contributed by atoms with Crippen LogP contribution >= 0.6 is 0 Å². The van der Waals surface area contributed by atoms with Gasteiger partial charge in [-0.15, -0.1) is 0 Å². The summed E-state index contributed by atoms with van der Waals surface area (Å²) in [5.74, 6) is -1.35. The summed E-state index contributed by atoms with van der Waals surface area (Å²) >= 11 is 0. The minimum atomic E-state index is -1.06. The van der Waals surface area contributed by atoms with Crippen molar-refractivity contribution < 1.29 is 19.8 Å². The van der Waals surface area contributed by atoms with Gasteiger partial charge in [-0.2, -0.15) is 0 Å². The largest absolute Gasteiger partial charge is 0.480 e. The smallest absolute Gasteiger partial charge is 0.326 e.